The fraction of sp³-hybridized carbons (Fsp3) is 0.172. The molecule has 0 fully saturated rings. The van der Waals surface area contributed by atoms with Gasteiger partial charge in [0.15, 0.2) is 0 Å². The molecule has 4 aromatic carbocycles. The number of phenolic OH excluding ortho intramolecular Hbond substituents is 1. The minimum atomic E-state index is -0.377. The topological polar surface area (TPSA) is 87.7 Å². The maximum Gasteiger partial charge on any atom is 0.255 e. The molecule has 184 valence electrons. The zero-order valence-corrected chi connectivity index (χ0v) is 21.0. The number of carbonyl (C=O) groups excluding carboxylic acids is 2. The highest BCUT2D eigenvalue weighted by molar-refractivity contribution is 7.99. The molecule has 0 atom stereocenters. The van der Waals surface area contributed by atoms with Crippen molar-refractivity contribution in [1.82, 2.24) is 10.6 Å². The Balaban J connectivity index is 1.55. The molecule has 0 radical (unpaired) electrons. The van der Waals surface area contributed by atoms with Crippen LogP contribution in [-0.2, 0) is 11.3 Å². The molecule has 0 aromatic heterocycles. The minimum Gasteiger partial charge on any atom is -0.506 e. The molecule has 6 nitrogen and oxygen atoms in total. The Kier molecular flexibility index (Phi) is 8.13. The number of nitrogens with one attached hydrogen (secondary N) is 2. The first-order valence-corrected chi connectivity index (χ1v) is 12.5. The summed E-state index contributed by atoms with van der Waals surface area (Å²) in [5, 5.41) is 18.1. The zero-order chi connectivity index (χ0) is 25.5. The average molecular weight is 501 g/mol. The van der Waals surface area contributed by atoms with E-state index >= 15 is 0 Å². The van der Waals surface area contributed by atoms with E-state index in [9.17, 15) is 14.7 Å². The van der Waals surface area contributed by atoms with Crippen LogP contribution in [0.15, 0.2) is 88.7 Å². The summed E-state index contributed by atoms with van der Waals surface area (Å²) in [5.41, 5.74) is 2.16. The summed E-state index contributed by atoms with van der Waals surface area (Å²) in [6.07, 6.45) is 0. The van der Waals surface area contributed by atoms with Crippen molar-refractivity contribution < 1.29 is 19.4 Å². The van der Waals surface area contributed by atoms with E-state index in [-0.39, 0.29) is 29.7 Å². The second kappa shape index (κ2) is 11.6. The van der Waals surface area contributed by atoms with Crippen LogP contribution in [0.5, 0.6) is 11.5 Å². The first-order valence-electron chi connectivity index (χ1n) is 11.6. The van der Waals surface area contributed by atoms with Crippen LogP contribution in [0.1, 0.15) is 28.4 Å². The predicted molar refractivity (Wildman–Crippen MR) is 143 cm³/mol. The van der Waals surface area contributed by atoms with E-state index in [4.69, 9.17) is 4.74 Å². The van der Waals surface area contributed by atoms with Crippen molar-refractivity contribution in [3.05, 3.63) is 95.6 Å². The fourth-order valence-corrected chi connectivity index (χ4v) is 4.95. The number of carbonyl (C=O) groups is 2. The molecular weight excluding hydrogens is 472 g/mol. The van der Waals surface area contributed by atoms with Crippen LogP contribution in [0.25, 0.3) is 10.8 Å². The smallest absolute Gasteiger partial charge is 0.255 e. The van der Waals surface area contributed by atoms with Crippen LogP contribution in [-0.4, -0.2) is 30.1 Å². The molecule has 36 heavy (non-hydrogen) atoms. The Morgan fingerprint density at radius 2 is 1.67 bits per heavy atom. The monoisotopic (exact) mass is 500 g/mol. The third-order valence-corrected chi connectivity index (χ3v) is 6.63. The third-order valence-electron chi connectivity index (χ3n) is 5.59. The number of hydrogen-bond acceptors (Lipinski definition) is 5. The van der Waals surface area contributed by atoms with Crippen molar-refractivity contribution in [2.45, 2.75) is 30.2 Å². The van der Waals surface area contributed by atoms with Crippen LogP contribution in [0.4, 0.5) is 0 Å². The Morgan fingerprint density at radius 3 is 2.44 bits per heavy atom. The summed E-state index contributed by atoms with van der Waals surface area (Å²) in [7, 11) is 0. The lowest BCUT2D eigenvalue weighted by molar-refractivity contribution is -0.119. The van der Waals surface area contributed by atoms with Crippen molar-refractivity contribution in [1.29, 1.82) is 0 Å². The summed E-state index contributed by atoms with van der Waals surface area (Å²) >= 11 is 1.56. The van der Waals surface area contributed by atoms with E-state index in [2.05, 4.69) is 16.7 Å². The average Bonchev–Trinajstić information content (AvgIpc) is 2.87. The molecular formula is C29H28N2O4S. The van der Waals surface area contributed by atoms with Gasteiger partial charge in [-0.05, 0) is 36.6 Å². The lowest BCUT2D eigenvalue weighted by Crippen LogP contribution is -2.26. The van der Waals surface area contributed by atoms with E-state index in [0.717, 1.165) is 26.3 Å². The van der Waals surface area contributed by atoms with Crippen molar-refractivity contribution in [2.24, 2.45) is 0 Å². The van der Waals surface area contributed by atoms with Gasteiger partial charge in [0, 0.05) is 34.2 Å². The fourth-order valence-electron chi connectivity index (χ4n) is 3.84. The normalized spacial score (nSPS) is 10.7. The molecule has 0 aliphatic rings. The molecule has 0 unspecified atom stereocenters. The Morgan fingerprint density at radius 1 is 0.917 bits per heavy atom. The number of amides is 2. The molecule has 0 saturated carbocycles. The number of benzene rings is 4. The largest absolute Gasteiger partial charge is 0.506 e. The highest BCUT2D eigenvalue weighted by Gasteiger charge is 2.18. The number of ether oxygens (including phenoxy) is 1. The van der Waals surface area contributed by atoms with Crippen LogP contribution in [0.3, 0.4) is 0 Å². The van der Waals surface area contributed by atoms with Gasteiger partial charge in [-0.15, -0.1) is 0 Å². The van der Waals surface area contributed by atoms with Crippen LogP contribution >= 0.6 is 11.8 Å². The first kappa shape index (κ1) is 25.1. The molecule has 4 aromatic rings. The van der Waals surface area contributed by atoms with Gasteiger partial charge >= 0.3 is 0 Å². The lowest BCUT2D eigenvalue weighted by atomic mass is 10.0. The van der Waals surface area contributed by atoms with Gasteiger partial charge in [0.1, 0.15) is 18.1 Å². The molecule has 0 bridgehead atoms. The minimum absolute atomic E-state index is 0.0449. The highest BCUT2D eigenvalue weighted by atomic mass is 32.2. The number of aromatic hydroxyl groups is 1. The van der Waals surface area contributed by atoms with Gasteiger partial charge in [-0.2, -0.15) is 0 Å². The number of para-hydroxylation sites is 1. The Hall–Kier alpha value is -3.97. The molecule has 0 spiro atoms. The molecule has 3 N–H and O–H groups in total. The Labute approximate surface area is 214 Å². The van der Waals surface area contributed by atoms with Crippen molar-refractivity contribution >= 4 is 34.3 Å². The van der Waals surface area contributed by atoms with Gasteiger partial charge in [0.2, 0.25) is 5.91 Å². The molecule has 2 amide bonds. The van der Waals surface area contributed by atoms with Gasteiger partial charge in [0.25, 0.3) is 5.91 Å². The van der Waals surface area contributed by atoms with Gasteiger partial charge in [-0.3, -0.25) is 9.59 Å². The maximum atomic E-state index is 13.2. The molecule has 0 heterocycles. The summed E-state index contributed by atoms with van der Waals surface area (Å²) in [6, 6.07) is 24.9. The van der Waals surface area contributed by atoms with E-state index in [0.29, 0.717) is 24.3 Å². The molecule has 0 aliphatic heterocycles. The quantitative estimate of drug-likeness (QED) is 0.266. The van der Waals surface area contributed by atoms with Gasteiger partial charge in [-0.25, -0.2) is 0 Å². The van der Waals surface area contributed by atoms with Crippen molar-refractivity contribution in [3.63, 3.8) is 0 Å². The predicted octanol–water partition coefficient (Wildman–Crippen LogP) is 5.45. The van der Waals surface area contributed by atoms with Crippen molar-refractivity contribution in [3.8, 4) is 11.5 Å². The molecule has 4 rings (SSSR count). The van der Waals surface area contributed by atoms with Gasteiger partial charge in [0.05, 0.1) is 12.1 Å². The van der Waals surface area contributed by atoms with Crippen molar-refractivity contribution in [2.75, 3.05) is 13.2 Å². The number of phenols is 1. The number of hydrogen-bond donors (Lipinski definition) is 3. The SMILES string of the molecule is CC(=O)NCCOc1ccccc1CNC(=O)c1cc(Sc2cccc(C)c2)c2ccccc2c1O. The van der Waals surface area contributed by atoms with E-state index in [1.54, 1.807) is 17.8 Å². The second-order valence-corrected chi connectivity index (χ2v) is 9.47. The zero-order valence-electron chi connectivity index (χ0n) is 20.2. The first-order chi connectivity index (χ1) is 17.4. The second-order valence-electron chi connectivity index (χ2n) is 8.36. The highest BCUT2D eigenvalue weighted by Crippen LogP contribution is 2.39. The van der Waals surface area contributed by atoms with Crippen LogP contribution in [0, 0.1) is 6.92 Å². The molecule has 0 saturated heterocycles. The summed E-state index contributed by atoms with van der Waals surface area (Å²) < 4.78 is 5.78. The Bertz CT molecular complexity index is 1400. The number of aryl methyl sites for hydroxylation is 1. The summed E-state index contributed by atoms with van der Waals surface area (Å²) in [4.78, 5) is 26.2. The van der Waals surface area contributed by atoms with Crippen LogP contribution < -0.4 is 15.4 Å². The number of rotatable bonds is 9. The standard InChI is InChI=1S/C29H28N2O4S/c1-19-8-7-10-22(16-19)36-27-17-25(28(33)24-12-5-4-11-23(24)27)29(34)31-18-21-9-3-6-13-26(21)35-15-14-30-20(2)32/h3-13,16-17,33H,14-15,18H2,1-2H3,(H,30,32)(H,31,34). The van der Waals surface area contributed by atoms with E-state index in [1.165, 1.54) is 6.92 Å². The number of fused-ring (bicyclic) bond motifs is 1. The third kappa shape index (κ3) is 6.17. The summed E-state index contributed by atoms with van der Waals surface area (Å²) in [6.45, 7) is 4.43. The molecule has 7 heteroatoms. The van der Waals surface area contributed by atoms with Crippen LogP contribution in [0.2, 0.25) is 0 Å². The van der Waals surface area contributed by atoms with E-state index < -0.39 is 0 Å². The maximum absolute atomic E-state index is 13.2. The van der Waals surface area contributed by atoms with Gasteiger partial charge < -0.3 is 20.5 Å². The van der Waals surface area contributed by atoms with Gasteiger partial charge in [-0.1, -0.05) is 71.9 Å². The summed E-state index contributed by atoms with van der Waals surface area (Å²) in [5.74, 6) is 0.0878. The van der Waals surface area contributed by atoms with E-state index in [1.807, 2.05) is 73.7 Å². The lowest BCUT2D eigenvalue weighted by Gasteiger charge is -2.15. The molecule has 0 aliphatic carbocycles.